The van der Waals surface area contributed by atoms with Gasteiger partial charge in [-0.25, -0.2) is 13.4 Å². The van der Waals surface area contributed by atoms with E-state index in [1.807, 2.05) is 13.0 Å². The lowest BCUT2D eigenvalue weighted by atomic mass is 9.99. The highest BCUT2D eigenvalue weighted by Gasteiger charge is 2.29. The van der Waals surface area contributed by atoms with E-state index in [0.29, 0.717) is 42.1 Å². The molecule has 1 fully saturated rings. The van der Waals surface area contributed by atoms with Crippen LogP contribution in [0.25, 0.3) is 11.3 Å². The van der Waals surface area contributed by atoms with Gasteiger partial charge in [0, 0.05) is 43.5 Å². The fraction of sp³-hybridized carbons (Fsp3) is 0.364. The molecule has 0 bridgehead atoms. The first-order chi connectivity index (χ1) is 14.4. The molecule has 8 heteroatoms. The highest BCUT2D eigenvalue weighted by Crippen LogP contribution is 2.27. The van der Waals surface area contributed by atoms with E-state index in [1.54, 1.807) is 54.2 Å². The lowest BCUT2D eigenvalue weighted by Crippen LogP contribution is -2.39. The molecule has 2 aromatic heterocycles. The molecule has 1 saturated heterocycles. The highest BCUT2D eigenvalue weighted by atomic mass is 32.2. The van der Waals surface area contributed by atoms with Crippen LogP contribution in [-0.4, -0.2) is 42.4 Å². The number of oxazole rings is 1. The summed E-state index contributed by atoms with van der Waals surface area (Å²) in [6, 6.07) is 8.66. The van der Waals surface area contributed by atoms with Crippen molar-refractivity contribution in [3.8, 4) is 17.0 Å². The summed E-state index contributed by atoms with van der Waals surface area (Å²) in [7, 11) is -3.51. The molecule has 1 aliphatic heterocycles. The molecule has 158 valence electrons. The Morgan fingerprint density at radius 1 is 1.13 bits per heavy atom. The molecule has 0 spiro atoms. The number of aryl methyl sites for hydroxylation is 2. The Balaban J connectivity index is 1.36. The molecule has 0 unspecified atom stereocenters. The van der Waals surface area contributed by atoms with Gasteiger partial charge in [-0.2, -0.15) is 4.31 Å². The van der Waals surface area contributed by atoms with Crippen LogP contribution in [0.5, 0.6) is 5.75 Å². The normalized spacial score (nSPS) is 15.9. The van der Waals surface area contributed by atoms with Gasteiger partial charge in [0.2, 0.25) is 10.0 Å². The molecule has 0 atom stereocenters. The van der Waals surface area contributed by atoms with Crippen LogP contribution < -0.4 is 4.74 Å². The Morgan fingerprint density at radius 3 is 2.50 bits per heavy atom. The largest absolute Gasteiger partial charge is 0.493 e. The van der Waals surface area contributed by atoms with E-state index in [1.165, 1.54) is 0 Å². The number of rotatable bonds is 6. The van der Waals surface area contributed by atoms with E-state index >= 15 is 0 Å². The third-order valence-corrected chi connectivity index (χ3v) is 7.34. The van der Waals surface area contributed by atoms with Crippen LogP contribution in [0.15, 0.2) is 58.3 Å². The minimum Gasteiger partial charge on any atom is -0.493 e. The molecule has 3 heterocycles. The molecule has 0 N–H and O–H groups in total. The van der Waals surface area contributed by atoms with Gasteiger partial charge < -0.3 is 9.15 Å². The maximum atomic E-state index is 13.0. The van der Waals surface area contributed by atoms with Crippen LogP contribution in [0.3, 0.4) is 0 Å². The van der Waals surface area contributed by atoms with Gasteiger partial charge in [0.05, 0.1) is 11.5 Å². The second-order valence-corrected chi connectivity index (χ2v) is 9.51. The zero-order valence-corrected chi connectivity index (χ0v) is 17.9. The number of benzene rings is 1. The van der Waals surface area contributed by atoms with E-state index in [-0.39, 0.29) is 0 Å². The van der Waals surface area contributed by atoms with Gasteiger partial charge in [-0.3, -0.25) is 4.98 Å². The van der Waals surface area contributed by atoms with Crippen LogP contribution in [0.1, 0.15) is 24.3 Å². The van der Waals surface area contributed by atoms with Crippen LogP contribution in [0, 0.1) is 19.8 Å². The highest BCUT2D eigenvalue weighted by molar-refractivity contribution is 7.89. The Morgan fingerprint density at radius 2 is 1.87 bits per heavy atom. The summed E-state index contributed by atoms with van der Waals surface area (Å²) in [6.07, 6.45) is 6.62. The number of pyridine rings is 1. The van der Waals surface area contributed by atoms with Gasteiger partial charge >= 0.3 is 0 Å². The maximum Gasteiger partial charge on any atom is 0.243 e. The van der Waals surface area contributed by atoms with Gasteiger partial charge in [-0.1, -0.05) is 12.1 Å². The zero-order valence-electron chi connectivity index (χ0n) is 17.1. The smallest absolute Gasteiger partial charge is 0.243 e. The van der Waals surface area contributed by atoms with E-state index in [0.717, 1.165) is 29.7 Å². The van der Waals surface area contributed by atoms with E-state index in [2.05, 4.69) is 9.97 Å². The summed E-state index contributed by atoms with van der Waals surface area (Å²) in [6.45, 7) is 5.32. The van der Waals surface area contributed by atoms with Crippen LogP contribution in [-0.2, 0) is 10.0 Å². The molecule has 30 heavy (non-hydrogen) atoms. The first-order valence-electron chi connectivity index (χ1n) is 9.99. The number of sulfonamides is 1. The molecule has 1 aliphatic rings. The summed E-state index contributed by atoms with van der Waals surface area (Å²) in [5.74, 6) is 1.75. The van der Waals surface area contributed by atoms with Gasteiger partial charge in [-0.15, -0.1) is 0 Å². The summed E-state index contributed by atoms with van der Waals surface area (Å²) in [5.41, 5.74) is 2.52. The number of nitrogens with zero attached hydrogens (tertiary/aromatic N) is 3. The average molecular weight is 428 g/mol. The number of piperidine rings is 1. The summed E-state index contributed by atoms with van der Waals surface area (Å²) < 4.78 is 38.8. The van der Waals surface area contributed by atoms with Crippen LogP contribution in [0.4, 0.5) is 0 Å². The number of aromatic nitrogens is 2. The van der Waals surface area contributed by atoms with Crippen molar-refractivity contribution in [3.05, 3.63) is 60.4 Å². The topological polar surface area (TPSA) is 85.5 Å². The van der Waals surface area contributed by atoms with Crippen LogP contribution >= 0.6 is 0 Å². The van der Waals surface area contributed by atoms with E-state index < -0.39 is 10.0 Å². The molecule has 1 aromatic carbocycles. The van der Waals surface area contributed by atoms with Gasteiger partial charge in [0.25, 0.3) is 0 Å². The minimum atomic E-state index is -3.51. The van der Waals surface area contributed by atoms with Gasteiger partial charge in [-0.05, 0) is 43.9 Å². The van der Waals surface area contributed by atoms with Crippen molar-refractivity contribution in [2.24, 2.45) is 5.92 Å². The first-order valence-corrected chi connectivity index (χ1v) is 11.4. The fourth-order valence-corrected chi connectivity index (χ4v) is 5.06. The van der Waals surface area contributed by atoms with Crippen molar-refractivity contribution in [2.45, 2.75) is 31.6 Å². The number of hydrogen-bond donors (Lipinski definition) is 0. The Labute approximate surface area is 176 Å². The lowest BCUT2D eigenvalue weighted by molar-refractivity contribution is 0.184. The molecule has 7 nitrogen and oxygen atoms in total. The van der Waals surface area contributed by atoms with Crippen molar-refractivity contribution < 1.29 is 17.6 Å². The average Bonchev–Trinajstić information content (AvgIpc) is 3.20. The molecule has 3 aromatic rings. The minimum absolute atomic E-state index is 0.300. The lowest BCUT2D eigenvalue weighted by Gasteiger charge is -2.31. The van der Waals surface area contributed by atoms with E-state index in [9.17, 15) is 8.42 Å². The second-order valence-electron chi connectivity index (χ2n) is 7.58. The van der Waals surface area contributed by atoms with Crippen LogP contribution in [0.2, 0.25) is 0 Å². The standard InChI is InChI=1S/C22H25N3O4S/c1-16-13-23-10-7-22(16)29-14-18-8-11-25(12-9-18)30(26,27)20-5-3-19(4-6-20)21-15-28-17(2)24-21/h3-7,10,13,15,18H,8-9,11-12,14H2,1-2H3. The summed E-state index contributed by atoms with van der Waals surface area (Å²) >= 11 is 0. The van der Waals surface area contributed by atoms with Gasteiger partial charge in [0.15, 0.2) is 5.89 Å². The molecule has 0 amide bonds. The van der Waals surface area contributed by atoms with Gasteiger partial charge in [0.1, 0.15) is 17.7 Å². The second kappa shape index (κ2) is 8.57. The maximum absolute atomic E-state index is 13.0. The predicted octanol–water partition coefficient (Wildman–Crippen LogP) is 3.83. The van der Waals surface area contributed by atoms with Crippen molar-refractivity contribution in [1.82, 2.24) is 14.3 Å². The third kappa shape index (κ3) is 4.39. The third-order valence-electron chi connectivity index (χ3n) is 5.42. The molecule has 0 radical (unpaired) electrons. The zero-order chi connectivity index (χ0) is 21.1. The van der Waals surface area contributed by atoms with Crippen molar-refractivity contribution >= 4 is 10.0 Å². The quantitative estimate of drug-likeness (QED) is 0.594. The van der Waals surface area contributed by atoms with Crippen molar-refractivity contribution in [1.29, 1.82) is 0 Å². The Hall–Kier alpha value is -2.71. The van der Waals surface area contributed by atoms with Crippen molar-refractivity contribution in [2.75, 3.05) is 19.7 Å². The SMILES string of the molecule is Cc1nc(-c2ccc(S(=O)(=O)N3CCC(COc4ccncc4C)CC3)cc2)co1. The first kappa shape index (κ1) is 20.6. The molecule has 0 aliphatic carbocycles. The van der Waals surface area contributed by atoms with E-state index in [4.69, 9.17) is 9.15 Å². The Bertz CT molecular complexity index is 1100. The molecule has 4 rings (SSSR count). The molecular formula is C22H25N3O4S. The molecular weight excluding hydrogens is 402 g/mol. The Kier molecular flexibility index (Phi) is 5.87. The number of hydrogen-bond acceptors (Lipinski definition) is 6. The summed E-state index contributed by atoms with van der Waals surface area (Å²) in [4.78, 5) is 8.64. The molecule has 0 saturated carbocycles. The number of ether oxygens (including phenoxy) is 1. The predicted molar refractivity (Wildman–Crippen MR) is 113 cm³/mol. The van der Waals surface area contributed by atoms with Crippen molar-refractivity contribution in [3.63, 3.8) is 0 Å². The monoisotopic (exact) mass is 427 g/mol. The summed E-state index contributed by atoms with van der Waals surface area (Å²) in [5, 5.41) is 0. The fourth-order valence-electron chi connectivity index (χ4n) is 3.59.